The fraction of sp³-hybridized carbons (Fsp3) is 0.417. The molecular weight excluding hydrogens is 206 g/mol. The third-order valence-corrected chi connectivity index (χ3v) is 2.06. The first-order valence-corrected chi connectivity index (χ1v) is 5.32. The van der Waals surface area contributed by atoms with Gasteiger partial charge in [-0.3, -0.25) is 4.79 Å². The van der Waals surface area contributed by atoms with Gasteiger partial charge in [0.1, 0.15) is 0 Å². The van der Waals surface area contributed by atoms with Crippen LogP contribution >= 0.6 is 0 Å². The number of nitrogens with one attached hydrogen (secondary N) is 1. The van der Waals surface area contributed by atoms with Crippen molar-refractivity contribution in [2.24, 2.45) is 0 Å². The smallest absolute Gasteiger partial charge is 0.251 e. The molecule has 0 fully saturated rings. The molecule has 16 heavy (non-hydrogen) atoms. The Morgan fingerprint density at radius 2 is 2.06 bits per heavy atom. The number of rotatable bonds is 5. The van der Waals surface area contributed by atoms with Crippen molar-refractivity contribution in [1.82, 2.24) is 5.32 Å². The van der Waals surface area contributed by atoms with Crippen LogP contribution < -0.4 is 14.8 Å². The maximum Gasteiger partial charge on any atom is 0.251 e. The molecule has 0 aromatic heterocycles. The quantitative estimate of drug-likeness (QED) is 0.828. The van der Waals surface area contributed by atoms with E-state index in [1.807, 2.05) is 13.8 Å². The van der Waals surface area contributed by atoms with E-state index in [4.69, 9.17) is 9.47 Å². The molecule has 0 aliphatic carbocycles. The highest BCUT2D eigenvalue weighted by molar-refractivity contribution is 5.94. The zero-order valence-electron chi connectivity index (χ0n) is 9.87. The number of hydrogen-bond acceptors (Lipinski definition) is 3. The van der Waals surface area contributed by atoms with E-state index < -0.39 is 0 Å². The highest BCUT2D eigenvalue weighted by Crippen LogP contribution is 2.27. The van der Waals surface area contributed by atoms with Gasteiger partial charge in [-0.1, -0.05) is 0 Å². The molecule has 0 saturated heterocycles. The molecule has 4 nitrogen and oxygen atoms in total. The summed E-state index contributed by atoms with van der Waals surface area (Å²) in [7, 11) is 1.57. The molecule has 0 radical (unpaired) electrons. The molecule has 1 amide bonds. The van der Waals surface area contributed by atoms with Crippen LogP contribution in [0.3, 0.4) is 0 Å². The number of carbonyl (C=O) groups excluding carboxylic acids is 1. The lowest BCUT2D eigenvalue weighted by atomic mass is 10.2. The van der Waals surface area contributed by atoms with Gasteiger partial charge in [0.2, 0.25) is 0 Å². The van der Waals surface area contributed by atoms with Crippen LogP contribution in [0.4, 0.5) is 0 Å². The van der Waals surface area contributed by atoms with Crippen molar-refractivity contribution in [2.45, 2.75) is 13.8 Å². The van der Waals surface area contributed by atoms with Gasteiger partial charge in [0.05, 0.1) is 13.7 Å². The molecule has 1 N–H and O–H groups in total. The third-order valence-electron chi connectivity index (χ3n) is 2.06. The van der Waals surface area contributed by atoms with E-state index in [2.05, 4.69) is 5.32 Å². The Hall–Kier alpha value is -1.71. The summed E-state index contributed by atoms with van der Waals surface area (Å²) >= 11 is 0. The van der Waals surface area contributed by atoms with Crippen LogP contribution in [0.25, 0.3) is 0 Å². The van der Waals surface area contributed by atoms with Crippen molar-refractivity contribution in [1.29, 1.82) is 0 Å². The summed E-state index contributed by atoms with van der Waals surface area (Å²) in [6, 6.07) is 5.13. The largest absolute Gasteiger partial charge is 0.493 e. The van der Waals surface area contributed by atoms with Gasteiger partial charge in [0, 0.05) is 12.1 Å². The molecule has 1 aromatic carbocycles. The maximum atomic E-state index is 11.6. The van der Waals surface area contributed by atoms with E-state index in [0.717, 1.165) is 0 Å². The van der Waals surface area contributed by atoms with E-state index in [9.17, 15) is 4.79 Å². The van der Waals surface area contributed by atoms with E-state index in [1.165, 1.54) is 0 Å². The second-order valence-corrected chi connectivity index (χ2v) is 3.16. The zero-order chi connectivity index (χ0) is 12.0. The second-order valence-electron chi connectivity index (χ2n) is 3.16. The molecule has 1 aromatic rings. The average molecular weight is 223 g/mol. The number of amides is 1. The Morgan fingerprint density at radius 1 is 1.31 bits per heavy atom. The number of hydrogen-bond donors (Lipinski definition) is 1. The van der Waals surface area contributed by atoms with Crippen molar-refractivity contribution in [2.75, 3.05) is 20.3 Å². The highest BCUT2D eigenvalue weighted by Gasteiger charge is 2.09. The molecule has 0 atom stereocenters. The van der Waals surface area contributed by atoms with Crippen LogP contribution in [-0.4, -0.2) is 26.2 Å². The van der Waals surface area contributed by atoms with Gasteiger partial charge < -0.3 is 14.8 Å². The van der Waals surface area contributed by atoms with Crippen LogP contribution in [0.1, 0.15) is 24.2 Å². The van der Waals surface area contributed by atoms with Crippen molar-refractivity contribution in [3.8, 4) is 11.5 Å². The summed E-state index contributed by atoms with van der Waals surface area (Å²) in [6.45, 7) is 4.91. The summed E-state index contributed by atoms with van der Waals surface area (Å²) in [4.78, 5) is 11.6. The standard InChI is InChI=1S/C12H17NO3/c1-4-13-12(14)9-6-7-10(15-3)11(8-9)16-5-2/h6-8H,4-5H2,1-3H3,(H,13,14). The molecule has 0 saturated carbocycles. The van der Waals surface area contributed by atoms with Crippen molar-refractivity contribution in [3.63, 3.8) is 0 Å². The predicted octanol–water partition coefficient (Wildman–Crippen LogP) is 1.84. The summed E-state index contributed by atoms with van der Waals surface area (Å²) < 4.78 is 10.5. The number of benzene rings is 1. The van der Waals surface area contributed by atoms with E-state index in [-0.39, 0.29) is 5.91 Å². The molecule has 0 aliphatic rings. The first kappa shape index (κ1) is 12.4. The summed E-state index contributed by atoms with van der Waals surface area (Å²) in [5, 5.41) is 2.73. The van der Waals surface area contributed by atoms with Gasteiger partial charge in [-0.15, -0.1) is 0 Å². The topological polar surface area (TPSA) is 47.6 Å². The van der Waals surface area contributed by atoms with Crippen LogP contribution in [0.5, 0.6) is 11.5 Å². The third kappa shape index (κ3) is 2.89. The highest BCUT2D eigenvalue weighted by atomic mass is 16.5. The first-order valence-electron chi connectivity index (χ1n) is 5.32. The molecular formula is C12H17NO3. The molecule has 0 bridgehead atoms. The lowest BCUT2D eigenvalue weighted by Crippen LogP contribution is -2.22. The summed E-state index contributed by atoms with van der Waals surface area (Å²) in [5.74, 6) is 1.12. The molecule has 1 rings (SSSR count). The Bertz CT molecular complexity index is 363. The Labute approximate surface area is 95.6 Å². The number of ether oxygens (including phenoxy) is 2. The molecule has 0 unspecified atom stereocenters. The Kier molecular flexibility index (Phi) is 4.64. The van der Waals surface area contributed by atoms with E-state index in [0.29, 0.717) is 30.2 Å². The Balaban J connectivity index is 2.96. The second kappa shape index (κ2) is 6.00. The van der Waals surface area contributed by atoms with Crippen LogP contribution in [0.2, 0.25) is 0 Å². The number of carbonyl (C=O) groups is 1. The van der Waals surface area contributed by atoms with Crippen LogP contribution in [-0.2, 0) is 0 Å². The van der Waals surface area contributed by atoms with Gasteiger partial charge in [-0.25, -0.2) is 0 Å². The fourth-order valence-corrected chi connectivity index (χ4v) is 1.35. The normalized spacial score (nSPS) is 9.69. The maximum absolute atomic E-state index is 11.6. The van der Waals surface area contributed by atoms with Crippen molar-refractivity contribution >= 4 is 5.91 Å². The van der Waals surface area contributed by atoms with Crippen LogP contribution in [0, 0.1) is 0 Å². The van der Waals surface area contributed by atoms with Crippen molar-refractivity contribution in [3.05, 3.63) is 23.8 Å². The summed E-state index contributed by atoms with van der Waals surface area (Å²) in [6.07, 6.45) is 0. The van der Waals surface area contributed by atoms with Gasteiger partial charge in [-0.2, -0.15) is 0 Å². The van der Waals surface area contributed by atoms with Gasteiger partial charge >= 0.3 is 0 Å². The molecule has 0 aliphatic heterocycles. The molecule has 0 heterocycles. The van der Waals surface area contributed by atoms with Gasteiger partial charge in [0.25, 0.3) is 5.91 Å². The van der Waals surface area contributed by atoms with Crippen molar-refractivity contribution < 1.29 is 14.3 Å². The summed E-state index contributed by atoms with van der Waals surface area (Å²) in [5.41, 5.74) is 0.575. The zero-order valence-corrected chi connectivity index (χ0v) is 9.87. The van der Waals surface area contributed by atoms with Gasteiger partial charge in [-0.05, 0) is 32.0 Å². The van der Waals surface area contributed by atoms with E-state index in [1.54, 1.807) is 25.3 Å². The Morgan fingerprint density at radius 3 is 2.62 bits per heavy atom. The SMILES string of the molecule is CCNC(=O)c1ccc(OC)c(OCC)c1. The van der Waals surface area contributed by atoms with Crippen LogP contribution in [0.15, 0.2) is 18.2 Å². The lowest BCUT2D eigenvalue weighted by molar-refractivity contribution is 0.0955. The first-order chi connectivity index (χ1) is 7.72. The minimum absolute atomic E-state index is 0.105. The minimum Gasteiger partial charge on any atom is -0.493 e. The molecule has 0 spiro atoms. The minimum atomic E-state index is -0.105. The monoisotopic (exact) mass is 223 g/mol. The van der Waals surface area contributed by atoms with E-state index >= 15 is 0 Å². The lowest BCUT2D eigenvalue weighted by Gasteiger charge is -2.10. The predicted molar refractivity (Wildman–Crippen MR) is 62.2 cm³/mol. The average Bonchev–Trinajstić information content (AvgIpc) is 2.29. The number of methoxy groups -OCH3 is 1. The fourth-order valence-electron chi connectivity index (χ4n) is 1.35. The molecule has 4 heteroatoms. The molecule has 88 valence electrons. The van der Waals surface area contributed by atoms with Gasteiger partial charge in [0.15, 0.2) is 11.5 Å².